The minimum atomic E-state index is -0.995. The summed E-state index contributed by atoms with van der Waals surface area (Å²) in [7, 11) is 0. The van der Waals surface area contributed by atoms with Crippen LogP contribution in [-0.4, -0.2) is 27.0 Å². The Morgan fingerprint density at radius 1 is 0.946 bits per heavy atom. The van der Waals surface area contributed by atoms with Crippen LogP contribution in [-0.2, 0) is 15.3 Å². The Hall–Kier alpha value is -2.88. The third-order valence-corrected chi connectivity index (χ3v) is 8.75. The van der Waals surface area contributed by atoms with Crippen LogP contribution in [0.4, 0.5) is 5.13 Å². The van der Waals surface area contributed by atoms with E-state index in [0.717, 1.165) is 5.56 Å². The molecule has 5 rings (SSSR count). The summed E-state index contributed by atoms with van der Waals surface area (Å²) in [6.07, 6.45) is 0. The molecule has 4 aromatic rings. The van der Waals surface area contributed by atoms with Gasteiger partial charge in [0.15, 0.2) is 4.34 Å². The number of amides is 1. The molecule has 11 heteroatoms. The van der Waals surface area contributed by atoms with Gasteiger partial charge in [0.25, 0.3) is 5.78 Å². The molecule has 1 aliphatic heterocycles. The maximum absolute atomic E-state index is 13.3. The first kappa shape index (κ1) is 25.8. The van der Waals surface area contributed by atoms with Crippen molar-refractivity contribution in [2.24, 2.45) is 0 Å². The van der Waals surface area contributed by atoms with Crippen molar-refractivity contribution in [2.75, 3.05) is 4.90 Å². The molecule has 1 fully saturated rings. The lowest BCUT2D eigenvalue weighted by atomic mass is 9.95. The molecule has 0 aliphatic carbocycles. The molecule has 1 unspecified atom stereocenters. The summed E-state index contributed by atoms with van der Waals surface area (Å²) in [4.78, 5) is 27.8. The van der Waals surface area contributed by atoms with Crippen LogP contribution < -0.4 is 4.90 Å². The Labute approximate surface area is 235 Å². The molecule has 6 nitrogen and oxygen atoms in total. The second-order valence-electron chi connectivity index (χ2n) is 7.97. The molecule has 0 bridgehead atoms. The number of carbonyl (C=O) groups excluding carboxylic acids is 2. The summed E-state index contributed by atoms with van der Waals surface area (Å²) in [5.41, 5.74) is 1.84. The molecule has 37 heavy (non-hydrogen) atoms. The fourth-order valence-electron chi connectivity index (χ4n) is 3.87. The highest BCUT2D eigenvalue weighted by atomic mass is 35.5. The molecule has 2 heterocycles. The van der Waals surface area contributed by atoms with Crippen molar-refractivity contribution < 1.29 is 14.7 Å². The standard InChI is InChI=1S/C26H16Cl3N3O3S2/c27-17-9-6-15(7-10-17)22(33)20-21(16-8-11-18(28)19(29)12-16)32(24(35)23(20)34)25-30-31-26(37-25)36-13-14-4-2-1-3-5-14/h1-12,21,33H,13H2/b22-20-. The molecule has 1 N–H and O–H groups in total. The highest BCUT2D eigenvalue weighted by molar-refractivity contribution is 8.00. The molecule has 1 atom stereocenters. The van der Waals surface area contributed by atoms with E-state index < -0.39 is 17.7 Å². The maximum atomic E-state index is 13.3. The number of aliphatic hydroxyl groups is 1. The fourth-order valence-corrected chi connectivity index (χ4v) is 6.12. The van der Waals surface area contributed by atoms with Crippen molar-refractivity contribution in [3.8, 4) is 0 Å². The number of carbonyl (C=O) groups is 2. The number of Topliss-reactive ketones (excluding diaryl/α,β-unsaturated/α-hetero) is 1. The number of nitrogens with zero attached hydrogens (tertiary/aromatic N) is 3. The first-order valence-electron chi connectivity index (χ1n) is 10.9. The summed E-state index contributed by atoms with van der Waals surface area (Å²) < 4.78 is 0.631. The monoisotopic (exact) mass is 587 g/mol. The van der Waals surface area contributed by atoms with Crippen LogP contribution in [0, 0.1) is 0 Å². The van der Waals surface area contributed by atoms with Crippen LogP contribution >= 0.6 is 57.9 Å². The number of benzene rings is 3. The number of hydrogen-bond donors (Lipinski definition) is 1. The van der Waals surface area contributed by atoms with Crippen LogP contribution in [0.1, 0.15) is 22.7 Å². The number of anilines is 1. The van der Waals surface area contributed by atoms with Gasteiger partial charge in [0.05, 0.1) is 21.7 Å². The van der Waals surface area contributed by atoms with Crippen molar-refractivity contribution in [1.29, 1.82) is 0 Å². The van der Waals surface area contributed by atoms with E-state index >= 15 is 0 Å². The molecule has 1 aromatic heterocycles. The minimum absolute atomic E-state index is 0.0978. The van der Waals surface area contributed by atoms with Crippen LogP contribution in [0.2, 0.25) is 15.1 Å². The quantitative estimate of drug-likeness (QED) is 0.0830. The van der Waals surface area contributed by atoms with Gasteiger partial charge in [-0.15, -0.1) is 10.2 Å². The largest absolute Gasteiger partial charge is 0.507 e. The second-order valence-corrected chi connectivity index (χ2v) is 11.4. The predicted molar refractivity (Wildman–Crippen MR) is 149 cm³/mol. The highest BCUT2D eigenvalue weighted by Gasteiger charge is 2.48. The Kier molecular flexibility index (Phi) is 7.55. The number of aromatic nitrogens is 2. The number of rotatable bonds is 6. The molecule has 186 valence electrons. The van der Waals surface area contributed by atoms with Gasteiger partial charge in [-0.2, -0.15) is 0 Å². The average molecular weight is 589 g/mol. The van der Waals surface area contributed by atoms with Gasteiger partial charge in [0, 0.05) is 16.3 Å². The molecule has 1 saturated heterocycles. The third kappa shape index (κ3) is 5.26. The Morgan fingerprint density at radius 2 is 1.68 bits per heavy atom. The fraction of sp³-hybridized carbons (Fsp3) is 0.0769. The zero-order chi connectivity index (χ0) is 26.1. The van der Waals surface area contributed by atoms with Gasteiger partial charge < -0.3 is 5.11 Å². The normalized spacial score (nSPS) is 16.9. The topological polar surface area (TPSA) is 83.4 Å². The number of aliphatic hydroxyl groups excluding tert-OH is 1. The molecular weight excluding hydrogens is 573 g/mol. The molecule has 0 saturated carbocycles. The molecule has 0 spiro atoms. The van der Waals surface area contributed by atoms with Crippen molar-refractivity contribution in [1.82, 2.24) is 10.2 Å². The average Bonchev–Trinajstić information content (AvgIpc) is 3.47. The van der Waals surface area contributed by atoms with Gasteiger partial charge in [-0.05, 0) is 47.5 Å². The van der Waals surface area contributed by atoms with Crippen LogP contribution in [0.3, 0.4) is 0 Å². The summed E-state index contributed by atoms with van der Waals surface area (Å²) in [5, 5.41) is 20.9. The first-order chi connectivity index (χ1) is 17.8. The summed E-state index contributed by atoms with van der Waals surface area (Å²) in [5.74, 6) is -1.35. The zero-order valence-corrected chi connectivity index (χ0v) is 22.7. The van der Waals surface area contributed by atoms with Gasteiger partial charge in [-0.1, -0.05) is 94.3 Å². The van der Waals surface area contributed by atoms with Crippen molar-refractivity contribution in [2.45, 2.75) is 16.1 Å². The molecule has 1 amide bonds. The lowest BCUT2D eigenvalue weighted by molar-refractivity contribution is -0.132. The van der Waals surface area contributed by atoms with E-state index in [1.165, 1.54) is 28.0 Å². The molecule has 1 aliphatic rings. The zero-order valence-electron chi connectivity index (χ0n) is 18.8. The Balaban J connectivity index is 1.57. The van der Waals surface area contributed by atoms with Crippen molar-refractivity contribution in [3.05, 3.63) is 110 Å². The van der Waals surface area contributed by atoms with Crippen molar-refractivity contribution in [3.63, 3.8) is 0 Å². The first-order valence-corrected chi connectivity index (χ1v) is 13.8. The number of thioether (sulfide) groups is 1. The lowest BCUT2D eigenvalue weighted by Crippen LogP contribution is -2.29. The summed E-state index contributed by atoms with van der Waals surface area (Å²) in [6, 6.07) is 20.0. The van der Waals surface area contributed by atoms with Crippen LogP contribution in [0.25, 0.3) is 5.76 Å². The van der Waals surface area contributed by atoms with E-state index in [-0.39, 0.29) is 21.5 Å². The molecular formula is C26H16Cl3N3O3S2. The minimum Gasteiger partial charge on any atom is -0.507 e. The van der Waals surface area contributed by atoms with E-state index in [1.807, 2.05) is 30.3 Å². The van der Waals surface area contributed by atoms with Crippen LogP contribution in [0.5, 0.6) is 0 Å². The lowest BCUT2D eigenvalue weighted by Gasteiger charge is -2.22. The molecule has 0 radical (unpaired) electrons. The predicted octanol–water partition coefficient (Wildman–Crippen LogP) is 7.42. The maximum Gasteiger partial charge on any atom is 0.301 e. The smallest absolute Gasteiger partial charge is 0.301 e. The van der Waals surface area contributed by atoms with Gasteiger partial charge in [0.1, 0.15) is 5.76 Å². The van der Waals surface area contributed by atoms with E-state index in [1.54, 1.807) is 42.5 Å². The van der Waals surface area contributed by atoms with E-state index in [0.29, 0.717) is 31.3 Å². The van der Waals surface area contributed by atoms with E-state index in [2.05, 4.69) is 10.2 Å². The van der Waals surface area contributed by atoms with E-state index in [4.69, 9.17) is 34.8 Å². The van der Waals surface area contributed by atoms with Crippen LogP contribution in [0.15, 0.2) is 82.7 Å². The second kappa shape index (κ2) is 10.8. The number of hydrogen-bond acceptors (Lipinski definition) is 7. The Bertz CT molecular complexity index is 1530. The SMILES string of the molecule is O=C1C(=O)N(c2nnc(SCc3ccccc3)s2)C(c2ccc(Cl)c(Cl)c2)/C1=C(/O)c1ccc(Cl)cc1. The van der Waals surface area contributed by atoms with Gasteiger partial charge in [-0.3, -0.25) is 14.5 Å². The Morgan fingerprint density at radius 3 is 2.38 bits per heavy atom. The van der Waals surface area contributed by atoms with Gasteiger partial charge in [0.2, 0.25) is 5.13 Å². The molecule has 3 aromatic carbocycles. The van der Waals surface area contributed by atoms with Gasteiger partial charge in [-0.25, -0.2) is 0 Å². The van der Waals surface area contributed by atoms with Gasteiger partial charge >= 0.3 is 5.91 Å². The van der Waals surface area contributed by atoms with E-state index in [9.17, 15) is 14.7 Å². The highest BCUT2D eigenvalue weighted by Crippen LogP contribution is 2.45. The van der Waals surface area contributed by atoms with Crippen molar-refractivity contribution >= 4 is 80.5 Å². The summed E-state index contributed by atoms with van der Waals surface area (Å²) in [6.45, 7) is 0. The third-order valence-electron chi connectivity index (χ3n) is 5.63. The number of halogens is 3. The summed E-state index contributed by atoms with van der Waals surface area (Å²) >= 11 is 21.0. The number of ketones is 1.